The molecule has 1 aromatic heterocycles. The average Bonchev–Trinajstić information content (AvgIpc) is 3.04. The van der Waals surface area contributed by atoms with Crippen molar-refractivity contribution in [2.45, 2.75) is 5.16 Å². The molecule has 0 fully saturated rings. The molecule has 3 N–H and O–H groups in total. The van der Waals surface area contributed by atoms with Gasteiger partial charge >= 0.3 is 0 Å². The Morgan fingerprint density at radius 1 is 1.22 bits per heavy atom. The third kappa shape index (κ3) is 4.47. The summed E-state index contributed by atoms with van der Waals surface area (Å²) in [5, 5.41) is 11.9. The molecule has 0 aliphatic rings. The Morgan fingerprint density at radius 3 is 2.67 bits per heavy atom. The molecule has 140 valence electrons. The monoisotopic (exact) mass is 423 g/mol. The van der Waals surface area contributed by atoms with Gasteiger partial charge in [0.25, 0.3) is 0 Å². The number of hydrogen-bond acceptors (Lipinski definition) is 6. The van der Waals surface area contributed by atoms with Crippen molar-refractivity contribution in [1.82, 2.24) is 14.9 Å². The van der Waals surface area contributed by atoms with Crippen LogP contribution in [0.15, 0.2) is 47.6 Å². The Hall–Kier alpha value is -2.42. The fourth-order valence-electron chi connectivity index (χ4n) is 2.23. The molecule has 0 atom stereocenters. The van der Waals surface area contributed by atoms with Crippen LogP contribution < -0.4 is 15.9 Å². The highest BCUT2D eigenvalue weighted by molar-refractivity contribution is 7.99. The van der Waals surface area contributed by atoms with Gasteiger partial charge in [-0.1, -0.05) is 41.0 Å². The van der Waals surface area contributed by atoms with Gasteiger partial charge in [0, 0.05) is 5.56 Å². The molecule has 0 saturated heterocycles. The van der Waals surface area contributed by atoms with Gasteiger partial charge in [-0.3, -0.25) is 4.79 Å². The van der Waals surface area contributed by atoms with Gasteiger partial charge in [-0.05, 0) is 36.4 Å². The normalized spacial score (nSPS) is 10.6. The zero-order valence-corrected chi connectivity index (χ0v) is 16.5. The van der Waals surface area contributed by atoms with Crippen molar-refractivity contribution >= 4 is 46.6 Å². The van der Waals surface area contributed by atoms with Gasteiger partial charge in [0.1, 0.15) is 5.75 Å². The maximum absolute atomic E-state index is 12.2. The summed E-state index contributed by atoms with van der Waals surface area (Å²) in [7, 11) is 1.59. The summed E-state index contributed by atoms with van der Waals surface area (Å²) >= 11 is 13.2. The van der Waals surface area contributed by atoms with Crippen LogP contribution in [0, 0.1) is 0 Å². The fourth-order valence-corrected chi connectivity index (χ4v) is 3.23. The molecule has 0 saturated carbocycles. The van der Waals surface area contributed by atoms with Crippen LogP contribution in [0.25, 0.3) is 11.4 Å². The highest BCUT2D eigenvalue weighted by atomic mass is 35.5. The molecule has 0 aliphatic carbocycles. The van der Waals surface area contributed by atoms with Crippen LogP contribution in [0.5, 0.6) is 5.75 Å². The maximum atomic E-state index is 12.2. The summed E-state index contributed by atoms with van der Waals surface area (Å²) in [6.45, 7) is 0. The van der Waals surface area contributed by atoms with Crippen LogP contribution in [0.1, 0.15) is 0 Å². The highest BCUT2D eigenvalue weighted by Crippen LogP contribution is 2.30. The van der Waals surface area contributed by atoms with E-state index < -0.39 is 0 Å². The molecule has 27 heavy (non-hydrogen) atoms. The van der Waals surface area contributed by atoms with Crippen molar-refractivity contribution in [3.05, 3.63) is 52.5 Å². The number of aromatic nitrogens is 3. The van der Waals surface area contributed by atoms with Crippen LogP contribution in [-0.2, 0) is 4.79 Å². The van der Waals surface area contributed by atoms with Crippen LogP contribution in [0.2, 0.25) is 10.0 Å². The van der Waals surface area contributed by atoms with Gasteiger partial charge in [0.2, 0.25) is 11.1 Å². The number of thioether (sulfide) groups is 1. The average molecular weight is 424 g/mol. The number of halogens is 2. The van der Waals surface area contributed by atoms with E-state index >= 15 is 0 Å². The lowest BCUT2D eigenvalue weighted by Crippen LogP contribution is -2.16. The van der Waals surface area contributed by atoms with Gasteiger partial charge in [0.05, 0.1) is 28.6 Å². The lowest BCUT2D eigenvalue weighted by molar-refractivity contribution is -0.113. The first-order valence-corrected chi connectivity index (χ1v) is 9.45. The summed E-state index contributed by atoms with van der Waals surface area (Å²) < 4.78 is 6.47. The van der Waals surface area contributed by atoms with E-state index in [2.05, 4.69) is 15.5 Å². The molecule has 1 heterocycles. The molecule has 0 bridgehead atoms. The molecule has 0 radical (unpaired) electrons. The molecule has 10 heteroatoms. The van der Waals surface area contributed by atoms with E-state index in [1.54, 1.807) is 37.4 Å². The van der Waals surface area contributed by atoms with Crippen molar-refractivity contribution in [2.24, 2.45) is 0 Å². The van der Waals surface area contributed by atoms with Crippen LogP contribution in [-0.4, -0.2) is 33.6 Å². The number of methoxy groups -OCH3 is 1. The Bertz CT molecular complexity index is 962. The number of nitrogens with two attached hydrogens (primary N) is 1. The van der Waals surface area contributed by atoms with E-state index in [-0.39, 0.29) is 11.7 Å². The number of nitrogen functional groups attached to an aromatic ring is 1. The van der Waals surface area contributed by atoms with Crippen LogP contribution in [0.3, 0.4) is 0 Å². The smallest absolute Gasteiger partial charge is 0.234 e. The molecule has 1 amide bonds. The van der Waals surface area contributed by atoms with Crippen molar-refractivity contribution in [3.8, 4) is 17.1 Å². The third-order valence-corrected chi connectivity index (χ3v) is 5.33. The van der Waals surface area contributed by atoms with Crippen LogP contribution in [0.4, 0.5) is 5.69 Å². The van der Waals surface area contributed by atoms with Crippen molar-refractivity contribution in [3.63, 3.8) is 0 Å². The lowest BCUT2D eigenvalue weighted by atomic mass is 10.2. The molecule has 7 nitrogen and oxygen atoms in total. The Labute approximate surface area is 169 Å². The number of anilines is 1. The van der Waals surface area contributed by atoms with Gasteiger partial charge < -0.3 is 15.9 Å². The molecule has 0 spiro atoms. The van der Waals surface area contributed by atoms with Gasteiger partial charge in [-0.25, -0.2) is 4.68 Å². The van der Waals surface area contributed by atoms with Gasteiger partial charge in [-0.2, -0.15) is 0 Å². The first kappa shape index (κ1) is 19.3. The lowest BCUT2D eigenvalue weighted by Gasteiger charge is -2.08. The number of benzene rings is 2. The van der Waals surface area contributed by atoms with Gasteiger partial charge in [-0.15, -0.1) is 10.2 Å². The largest absolute Gasteiger partial charge is 0.497 e. The number of carbonyl (C=O) groups is 1. The molecular formula is C17H15Cl2N5O2S. The quantitative estimate of drug-likeness (QED) is 0.463. The second kappa shape index (κ2) is 8.51. The fraction of sp³-hybridized carbons (Fsp3) is 0.118. The Kier molecular flexibility index (Phi) is 6.10. The van der Waals surface area contributed by atoms with E-state index in [9.17, 15) is 4.79 Å². The number of carbonyl (C=O) groups excluding carboxylic acids is 1. The molecule has 3 aromatic rings. The minimum Gasteiger partial charge on any atom is -0.497 e. The highest BCUT2D eigenvalue weighted by Gasteiger charge is 2.15. The standard InChI is InChI=1S/C17H15Cl2N5O2S/c1-26-11-7-5-10(6-8-11)16-22-23-17(24(16)20)27-9-14(25)21-13-4-2-3-12(18)15(13)19/h2-8H,9,20H2,1H3,(H,21,25). The zero-order chi connectivity index (χ0) is 19.4. The molecule has 0 aliphatic heterocycles. The molecular weight excluding hydrogens is 409 g/mol. The third-order valence-electron chi connectivity index (χ3n) is 3.57. The summed E-state index contributed by atoms with van der Waals surface area (Å²) in [4.78, 5) is 12.2. The number of amides is 1. The first-order valence-electron chi connectivity index (χ1n) is 7.71. The minimum atomic E-state index is -0.266. The van der Waals surface area contributed by atoms with Crippen molar-refractivity contribution in [2.75, 3.05) is 24.0 Å². The van der Waals surface area contributed by atoms with Crippen molar-refractivity contribution in [1.29, 1.82) is 0 Å². The zero-order valence-electron chi connectivity index (χ0n) is 14.1. The van der Waals surface area contributed by atoms with E-state index in [4.69, 9.17) is 33.8 Å². The SMILES string of the molecule is COc1ccc(-c2nnc(SCC(=O)Nc3cccc(Cl)c3Cl)n2N)cc1. The van der Waals surface area contributed by atoms with E-state index in [0.717, 1.165) is 23.1 Å². The molecule has 3 rings (SSSR count). The van der Waals surface area contributed by atoms with Gasteiger partial charge in [0.15, 0.2) is 5.82 Å². The summed E-state index contributed by atoms with van der Waals surface area (Å²) in [6, 6.07) is 12.3. The number of rotatable bonds is 6. The molecule has 0 unspecified atom stereocenters. The Morgan fingerprint density at radius 2 is 1.96 bits per heavy atom. The Balaban J connectivity index is 1.65. The topological polar surface area (TPSA) is 95.1 Å². The number of nitrogens with zero attached hydrogens (tertiary/aromatic N) is 3. The first-order chi connectivity index (χ1) is 13.0. The second-order valence-electron chi connectivity index (χ2n) is 5.34. The van der Waals surface area contributed by atoms with Crippen LogP contribution >= 0.6 is 35.0 Å². The predicted molar refractivity (Wildman–Crippen MR) is 108 cm³/mol. The minimum absolute atomic E-state index is 0.0841. The number of hydrogen-bond donors (Lipinski definition) is 2. The second-order valence-corrected chi connectivity index (χ2v) is 7.07. The predicted octanol–water partition coefficient (Wildman–Crippen LogP) is 3.71. The number of ether oxygens (including phenoxy) is 1. The van der Waals surface area contributed by atoms with E-state index in [0.29, 0.717) is 26.7 Å². The van der Waals surface area contributed by atoms with Crippen molar-refractivity contribution < 1.29 is 9.53 Å². The molecule has 2 aromatic carbocycles. The maximum Gasteiger partial charge on any atom is 0.234 e. The summed E-state index contributed by atoms with van der Waals surface area (Å²) in [6.07, 6.45) is 0. The number of nitrogens with one attached hydrogen (secondary N) is 1. The summed E-state index contributed by atoms with van der Waals surface area (Å²) in [5.41, 5.74) is 1.23. The van der Waals surface area contributed by atoms with E-state index in [1.807, 2.05) is 12.1 Å². The summed E-state index contributed by atoms with van der Waals surface area (Å²) in [5.74, 6) is 7.09. The van der Waals surface area contributed by atoms with E-state index in [1.165, 1.54) is 4.68 Å².